The van der Waals surface area contributed by atoms with Gasteiger partial charge in [-0.05, 0) is 49.4 Å². The number of imidazole rings is 1. The minimum Gasteiger partial charge on any atom is -0.326 e. The van der Waals surface area contributed by atoms with Crippen LogP contribution in [0.3, 0.4) is 0 Å². The van der Waals surface area contributed by atoms with Gasteiger partial charge in [0.05, 0.1) is 39.1 Å². The van der Waals surface area contributed by atoms with Crippen LogP contribution in [0.4, 0.5) is 5.69 Å². The topological polar surface area (TPSA) is 68.9 Å². The van der Waals surface area contributed by atoms with Crippen LogP contribution in [-0.4, -0.2) is 20.0 Å². The van der Waals surface area contributed by atoms with E-state index in [9.17, 15) is 9.59 Å². The number of carbonyl (C=O) groups excluding carboxylic acids is 1. The van der Waals surface area contributed by atoms with Gasteiger partial charge in [0.25, 0.3) is 0 Å². The maximum Gasteiger partial charge on any atom is 0.338 e. The van der Waals surface area contributed by atoms with Crippen LogP contribution >= 0.6 is 11.6 Å². The summed E-state index contributed by atoms with van der Waals surface area (Å²) in [6.07, 6.45) is 1.70. The first kappa shape index (κ1) is 20.0. The van der Waals surface area contributed by atoms with Gasteiger partial charge in [0.15, 0.2) is 0 Å². The van der Waals surface area contributed by atoms with Gasteiger partial charge in [-0.2, -0.15) is 0 Å². The predicted octanol–water partition coefficient (Wildman–Crippen LogP) is 5.25. The Hall–Kier alpha value is -3.90. The molecule has 2 aromatic heterocycles. The van der Waals surface area contributed by atoms with E-state index in [0.29, 0.717) is 27.6 Å². The number of amides is 1. The third-order valence-electron chi connectivity index (χ3n) is 5.34. The molecule has 0 aliphatic rings. The number of pyridine rings is 1. The van der Waals surface area contributed by atoms with E-state index in [-0.39, 0.29) is 11.6 Å². The lowest BCUT2D eigenvalue weighted by molar-refractivity contribution is -0.114. The van der Waals surface area contributed by atoms with E-state index in [1.54, 1.807) is 39.6 Å². The van der Waals surface area contributed by atoms with Crippen molar-refractivity contribution in [3.63, 3.8) is 0 Å². The van der Waals surface area contributed by atoms with Crippen LogP contribution in [0.2, 0.25) is 5.02 Å². The number of hydrogen-bond acceptors (Lipinski definition) is 3. The van der Waals surface area contributed by atoms with Crippen molar-refractivity contribution in [2.75, 3.05) is 5.32 Å². The van der Waals surface area contributed by atoms with E-state index in [1.807, 2.05) is 49.4 Å². The molecule has 5 aromatic rings. The van der Waals surface area contributed by atoms with Gasteiger partial charge in [0.1, 0.15) is 0 Å². The van der Waals surface area contributed by atoms with Crippen LogP contribution in [0.5, 0.6) is 0 Å². The lowest BCUT2D eigenvalue weighted by Gasteiger charge is -2.08. The number of nitrogens with one attached hydrogen (secondary N) is 1. The summed E-state index contributed by atoms with van der Waals surface area (Å²) in [6, 6.07) is 20.4. The van der Waals surface area contributed by atoms with Gasteiger partial charge in [0, 0.05) is 18.0 Å². The molecule has 7 heteroatoms. The van der Waals surface area contributed by atoms with Crippen molar-refractivity contribution in [1.82, 2.24) is 14.1 Å². The number of benzene rings is 3. The first-order valence-electron chi connectivity index (χ1n) is 10.1. The third-order valence-corrected chi connectivity index (χ3v) is 5.66. The van der Waals surface area contributed by atoms with E-state index in [0.717, 1.165) is 22.0 Å². The van der Waals surface area contributed by atoms with Crippen LogP contribution in [0.1, 0.15) is 12.5 Å². The second kappa shape index (κ2) is 7.66. The average Bonchev–Trinajstić information content (AvgIpc) is 3.06. The minimum atomic E-state index is -0.274. The Kier molecular flexibility index (Phi) is 4.79. The number of rotatable bonds is 3. The van der Waals surface area contributed by atoms with Gasteiger partial charge in [0.2, 0.25) is 5.91 Å². The zero-order valence-corrected chi connectivity index (χ0v) is 18.2. The quantitative estimate of drug-likeness (QED) is 0.415. The number of anilines is 1. The van der Waals surface area contributed by atoms with Gasteiger partial charge < -0.3 is 5.32 Å². The highest BCUT2D eigenvalue weighted by Crippen LogP contribution is 2.30. The summed E-state index contributed by atoms with van der Waals surface area (Å²) < 4.78 is 3.23. The molecule has 0 bridgehead atoms. The van der Waals surface area contributed by atoms with Crippen molar-refractivity contribution in [2.45, 2.75) is 13.8 Å². The Morgan fingerprint density at radius 2 is 1.81 bits per heavy atom. The first-order valence-corrected chi connectivity index (χ1v) is 10.5. The Bertz CT molecular complexity index is 1580. The third kappa shape index (κ3) is 3.25. The molecule has 0 saturated heterocycles. The highest BCUT2D eigenvalue weighted by Gasteiger charge is 2.20. The molecule has 3 aromatic carbocycles. The summed E-state index contributed by atoms with van der Waals surface area (Å²) in [6.45, 7) is 3.45. The largest absolute Gasteiger partial charge is 0.338 e. The fraction of sp³-hybridized carbons (Fsp3) is 0.0800. The molecule has 1 N–H and O–H groups in total. The van der Waals surface area contributed by atoms with Crippen molar-refractivity contribution in [2.24, 2.45) is 0 Å². The van der Waals surface area contributed by atoms with Gasteiger partial charge in [-0.3, -0.25) is 18.9 Å². The number of aryl methyl sites for hydroxylation is 1. The van der Waals surface area contributed by atoms with Crippen LogP contribution in [-0.2, 0) is 4.79 Å². The van der Waals surface area contributed by atoms with E-state index in [1.165, 1.54) is 6.92 Å². The molecule has 0 saturated carbocycles. The normalized spacial score (nSPS) is 11.2. The van der Waals surface area contributed by atoms with Crippen molar-refractivity contribution in [1.29, 1.82) is 0 Å². The number of fused-ring (bicyclic) bond motifs is 3. The number of carbonyl (C=O) groups is 1. The molecule has 1 amide bonds. The van der Waals surface area contributed by atoms with Crippen LogP contribution in [0.25, 0.3) is 33.3 Å². The van der Waals surface area contributed by atoms with Gasteiger partial charge in [-0.15, -0.1) is 0 Å². The molecule has 32 heavy (non-hydrogen) atoms. The zero-order valence-electron chi connectivity index (χ0n) is 17.5. The number of halogens is 1. The van der Waals surface area contributed by atoms with Crippen LogP contribution in [0.15, 0.2) is 77.7 Å². The van der Waals surface area contributed by atoms with Crippen molar-refractivity contribution in [3.8, 4) is 11.4 Å². The fourth-order valence-electron chi connectivity index (χ4n) is 4.01. The maximum atomic E-state index is 13.9. The average molecular weight is 443 g/mol. The second-order valence-electron chi connectivity index (χ2n) is 7.65. The smallest absolute Gasteiger partial charge is 0.326 e. The number of nitrogens with zero attached hydrogens (tertiary/aromatic N) is 3. The van der Waals surface area contributed by atoms with E-state index >= 15 is 0 Å². The Morgan fingerprint density at radius 1 is 1.00 bits per heavy atom. The van der Waals surface area contributed by atoms with Crippen LogP contribution < -0.4 is 11.0 Å². The molecule has 0 fully saturated rings. The molecule has 0 atom stereocenters. The van der Waals surface area contributed by atoms with E-state index in [2.05, 4.69) is 10.3 Å². The standard InChI is InChI=1S/C25H19ClN4O2/c1-15-10-11-21-19(12-15)24-23(14-27-21)29(18-7-5-6-17(13-18)28-16(2)31)25(32)30(24)22-9-4-3-8-20(22)26/h3-14H,1-2H3,(H,28,31). The van der Waals surface area contributed by atoms with E-state index in [4.69, 9.17) is 11.6 Å². The second-order valence-corrected chi connectivity index (χ2v) is 8.06. The summed E-state index contributed by atoms with van der Waals surface area (Å²) >= 11 is 6.52. The number of aromatic nitrogens is 3. The monoisotopic (exact) mass is 442 g/mol. The van der Waals surface area contributed by atoms with Gasteiger partial charge >= 0.3 is 5.69 Å². The molecule has 6 nitrogen and oxygen atoms in total. The SMILES string of the molecule is CC(=O)Nc1cccc(-n2c(=O)n(-c3ccccc3Cl)c3c4cc(C)ccc4ncc32)c1. The Balaban J connectivity index is 1.92. The fourth-order valence-corrected chi connectivity index (χ4v) is 4.23. The summed E-state index contributed by atoms with van der Waals surface area (Å²) in [5, 5.41) is 4.10. The maximum absolute atomic E-state index is 13.9. The highest BCUT2D eigenvalue weighted by atomic mass is 35.5. The molecule has 158 valence electrons. The molecule has 0 spiro atoms. The zero-order chi connectivity index (χ0) is 22.4. The summed E-state index contributed by atoms with van der Waals surface area (Å²) in [4.78, 5) is 30.0. The molecule has 5 rings (SSSR count). The van der Waals surface area contributed by atoms with Crippen molar-refractivity contribution in [3.05, 3.63) is 94.0 Å². The molecule has 0 radical (unpaired) electrons. The predicted molar refractivity (Wildman–Crippen MR) is 128 cm³/mol. The minimum absolute atomic E-state index is 0.184. The molecular formula is C25H19ClN4O2. The van der Waals surface area contributed by atoms with Gasteiger partial charge in [-0.25, -0.2) is 4.79 Å². The highest BCUT2D eigenvalue weighted by molar-refractivity contribution is 6.32. The van der Waals surface area contributed by atoms with Crippen molar-refractivity contribution < 1.29 is 4.79 Å². The number of hydrogen-bond donors (Lipinski definition) is 1. The van der Waals surface area contributed by atoms with E-state index < -0.39 is 0 Å². The Morgan fingerprint density at radius 3 is 2.59 bits per heavy atom. The lowest BCUT2D eigenvalue weighted by atomic mass is 10.1. The number of para-hydroxylation sites is 1. The first-order chi connectivity index (χ1) is 15.4. The molecule has 0 unspecified atom stereocenters. The van der Waals surface area contributed by atoms with Gasteiger partial charge in [-0.1, -0.05) is 41.4 Å². The summed E-state index contributed by atoms with van der Waals surface area (Å²) in [5.74, 6) is -0.184. The lowest BCUT2D eigenvalue weighted by Crippen LogP contribution is -2.22. The molecule has 2 heterocycles. The van der Waals surface area contributed by atoms with Crippen LogP contribution in [0, 0.1) is 6.92 Å². The van der Waals surface area contributed by atoms with Crippen molar-refractivity contribution >= 4 is 45.1 Å². The molecule has 0 aliphatic carbocycles. The molecular weight excluding hydrogens is 424 g/mol. The summed E-state index contributed by atoms with van der Waals surface area (Å²) in [7, 11) is 0. The summed E-state index contributed by atoms with van der Waals surface area (Å²) in [5.41, 5.74) is 4.75. The molecule has 0 aliphatic heterocycles. The Labute approximate surface area is 188 Å².